The van der Waals surface area contributed by atoms with E-state index in [1.54, 1.807) is 17.7 Å². The van der Waals surface area contributed by atoms with Crippen LogP contribution in [-0.4, -0.2) is 21.1 Å². The number of aromatic nitrogens is 3. The van der Waals surface area contributed by atoms with Crippen molar-refractivity contribution < 1.29 is 0 Å². The first-order valence-corrected chi connectivity index (χ1v) is 7.82. The summed E-state index contributed by atoms with van der Waals surface area (Å²) in [6, 6.07) is 9.20. The second-order valence-electron chi connectivity index (χ2n) is 5.10. The van der Waals surface area contributed by atoms with Gasteiger partial charge in [-0.15, -0.1) is 0 Å². The Morgan fingerprint density at radius 2 is 2.20 bits per heavy atom. The summed E-state index contributed by atoms with van der Waals surface area (Å²) in [5, 5.41) is 7.96. The molecule has 4 rings (SSSR count). The Balaban J connectivity index is 1.79. The van der Waals surface area contributed by atoms with Gasteiger partial charge in [-0.05, 0) is 17.5 Å². The molecule has 5 heteroatoms. The van der Waals surface area contributed by atoms with E-state index in [9.17, 15) is 0 Å². The van der Waals surface area contributed by atoms with Gasteiger partial charge in [-0.3, -0.25) is 0 Å². The fourth-order valence-corrected chi connectivity index (χ4v) is 4.03. The summed E-state index contributed by atoms with van der Waals surface area (Å²) in [6.07, 6.45) is 3.74. The van der Waals surface area contributed by atoms with E-state index in [0.717, 1.165) is 24.3 Å². The predicted octanol–water partition coefficient (Wildman–Crippen LogP) is 2.59. The maximum Gasteiger partial charge on any atom is 0.212 e. The van der Waals surface area contributed by atoms with Gasteiger partial charge in [0.1, 0.15) is 6.33 Å². The van der Waals surface area contributed by atoms with Gasteiger partial charge in [-0.2, -0.15) is 5.10 Å². The van der Waals surface area contributed by atoms with Gasteiger partial charge in [0.05, 0.1) is 16.6 Å². The van der Waals surface area contributed by atoms with Crippen molar-refractivity contribution in [3.05, 3.63) is 52.3 Å². The molecule has 1 unspecified atom stereocenters. The smallest absolute Gasteiger partial charge is 0.212 e. The molecule has 102 valence electrons. The Hall–Kier alpha value is -1.72. The van der Waals surface area contributed by atoms with Gasteiger partial charge in [0.25, 0.3) is 0 Å². The average Bonchev–Trinajstić information content (AvgIpc) is 3.08. The van der Waals surface area contributed by atoms with Crippen molar-refractivity contribution in [2.45, 2.75) is 25.8 Å². The van der Waals surface area contributed by atoms with Crippen molar-refractivity contribution in [2.24, 2.45) is 0 Å². The fourth-order valence-electron chi connectivity index (χ4n) is 2.84. The molecule has 0 saturated heterocycles. The van der Waals surface area contributed by atoms with Crippen molar-refractivity contribution in [1.82, 2.24) is 19.9 Å². The number of aryl methyl sites for hydroxylation is 1. The molecule has 0 aliphatic carbocycles. The van der Waals surface area contributed by atoms with Crippen LogP contribution in [0.4, 0.5) is 0 Å². The first-order valence-electron chi connectivity index (χ1n) is 7.00. The minimum absolute atomic E-state index is 0.276. The van der Waals surface area contributed by atoms with Gasteiger partial charge >= 0.3 is 0 Å². The molecule has 1 N–H and O–H groups in total. The summed E-state index contributed by atoms with van der Waals surface area (Å²) in [7, 11) is 0. The van der Waals surface area contributed by atoms with Crippen molar-refractivity contribution >= 4 is 16.3 Å². The summed E-state index contributed by atoms with van der Waals surface area (Å²) >= 11 is 1.75. The average molecular weight is 284 g/mol. The van der Waals surface area contributed by atoms with E-state index in [1.807, 2.05) is 4.52 Å². The lowest BCUT2D eigenvalue weighted by molar-refractivity contribution is 0.561. The highest BCUT2D eigenvalue weighted by molar-refractivity contribution is 7.17. The van der Waals surface area contributed by atoms with E-state index in [1.165, 1.54) is 21.7 Å². The Bertz CT molecular complexity index is 741. The highest BCUT2D eigenvalue weighted by Gasteiger charge is 2.26. The van der Waals surface area contributed by atoms with Crippen LogP contribution in [0.1, 0.15) is 34.7 Å². The Kier molecular flexibility index (Phi) is 2.82. The Morgan fingerprint density at radius 1 is 1.35 bits per heavy atom. The topological polar surface area (TPSA) is 42.2 Å². The van der Waals surface area contributed by atoms with Gasteiger partial charge in [-0.1, -0.05) is 42.5 Å². The zero-order chi connectivity index (χ0) is 13.5. The molecule has 2 aromatic heterocycles. The van der Waals surface area contributed by atoms with Crippen LogP contribution in [0.25, 0.3) is 4.96 Å². The molecule has 0 saturated carbocycles. The quantitative estimate of drug-likeness (QED) is 0.786. The summed E-state index contributed by atoms with van der Waals surface area (Å²) in [4.78, 5) is 6.67. The third kappa shape index (κ3) is 1.77. The number of rotatable bonds is 2. The van der Waals surface area contributed by atoms with Gasteiger partial charge in [0.15, 0.2) is 0 Å². The van der Waals surface area contributed by atoms with Gasteiger partial charge in [0, 0.05) is 13.0 Å². The van der Waals surface area contributed by atoms with Gasteiger partial charge < -0.3 is 5.32 Å². The third-order valence-electron chi connectivity index (χ3n) is 3.95. The number of hydrogen-bond donors (Lipinski definition) is 1. The Morgan fingerprint density at radius 3 is 3.00 bits per heavy atom. The van der Waals surface area contributed by atoms with Crippen LogP contribution in [0.5, 0.6) is 0 Å². The number of nitrogens with zero attached hydrogens (tertiary/aromatic N) is 3. The zero-order valence-corrected chi connectivity index (χ0v) is 12.2. The number of fused-ring (bicyclic) bond motifs is 3. The minimum Gasteiger partial charge on any atom is -0.305 e. The maximum atomic E-state index is 4.34. The van der Waals surface area contributed by atoms with E-state index in [-0.39, 0.29) is 6.04 Å². The lowest BCUT2D eigenvalue weighted by atomic mass is 9.98. The molecule has 1 aromatic carbocycles. The summed E-state index contributed by atoms with van der Waals surface area (Å²) in [5.74, 6) is 0. The molecule has 20 heavy (non-hydrogen) atoms. The third-order valence-corrected chi connectivity index (χ3v) is 5.10. The number of nitrogens with one attached hydrogen (secondary N) is 1. The summed E-state index contributed by atoms with van der Waals surface area (Å²) < 4.78 is 1.99. The standard InChI is InChI=1S/C15H16N4S/c1-2-10-3-5-11(6-4-10)13-14-12(7-8-16-13)19-15(20-14)17-9-18-19/h3-6,9,13,16H,2,7-8H2,1H3. The number of benzene rings is 1. The zero-order valence-electron chi connectivity index (χ0n) is 11.3. The molecule has 4 nitrogen and oxygen atoms in total. The van der Waals surface area contributed by atoms with Gasteiger partial charge in [0.2, 0.25) is 4.96 Å². The normalized spacial score (nSPS) is 18.4. The minimum atomic E-state index is 0.276. The van der Waals surface area contributed by atoms with Gasteiger partial charge in [-0.25, -0.2) is 9.50 Å². The largest absolute Gasteiger partial charge is 0.305 e. The molecule has 1 atom stereocenters. The van der Waals surface area contributed by atoms with Crippen LogP contribution in [-0.2, 0) is 12.8 Å². The lowest BCUT2D eigenvalue weighted by Gasteiger charge is -2.24. The van der Waals surface area contributed by atoms with E-state index < -0.39 is 0 Å². The molecule has 0 bridgehead atoms. The molecule has 1 aliphatic rings. The second kappa shape index (κ2) is 4.68. The number of hydrogen-bond acceptors (Lipinski definition) is 4. The first-order chi connectivity index (χ1) is 9.86. The molecule has 3 heterocycles. The molecule has 1 aliphatic heterocycles. The van der Waals surface area contributed by atoms with E-state index in [0.29, 0.717) is 0 Å². The van der Waals surface area contributed by atoms with Crippen molar-refractivity contribution in [3.63, 3.8) is 0 Å². The predicted molar refractivity (Wildman–Crippen MR) is 80.2 cm³/mol. The highest BCUT2D eigenvalue weighted by atomic mass is 32.1. The first kappa shape index (κ1) is 12.1. The van der Waals surface area contributed by atoms with Crippen molar-refractivity contribution in [2.75, 3.05) is 6.54 Å². The Labute approximate surface area is 121 Å². The monoisotopic (exact) mass is 284 g/mol. The van der Waals surface area contributed by atoms with Crippen LogP contribution in [0.3, 0.4) is 0 Å². The maximum absolute atomic E-state index is 4.34. The van der Waals surface area contributed by atoms with Crippen LogP contribution >= 0.6 is 11.3 Å². The van der Waals surface area contributed by atoms with Crippen molar-refractivity contribution in [3.8, 4) is 0 Å². The van der Waals surface area contributed by atoms with Crippen LogP contribution in [0.15, 0.2) is 30.6 Å². The van der Waals surface area contributed by atoms with Crippen LogP contribution < -0.4 is 5.32 Å². The van der Waals surface area contributed by atoms with E-state index in [2.05, 4.69) is 46.6 Å². The van der Waals surface area contributed by atoms with Crippen LogP contribution in [0, 0.1) is 0 Å². The molecular weight excluding hydrogens is 268 g/mol. The van der Waals surface area contributed by atoms with E-state index >= 15 is 0 Å². The molecule has 0 amide bonds. The highest BCUT2D eigenvalue weighted by Crippen LogP contribution is 2.34. The summed E-state index contributed by atoms with van der Waals surface area (Å²) in [5.41, 5.74) is 4.02. The fraction of sp³-hybridized carbons (Fsp3) is 0.333. The van der Waals surface area contributed by atoms with Crippen molar-refractivity contribution in [1.29, 1.82) is 0 Å². The molecular formula is C15H16N4S. The molecule has 3 aromatic rings. The van der Waals surface area contributed by atoms with Crippen LogP contribution in [0.2, 0.25) is 0 Å². The molecule has 0 spiro atoms. The number of thiazole rings is 1. The molecule has 0 radical (unpaired) electrons. The second-order valence-corrected chi connectivity index (χ2v) is 6.11. The lowest BCUT2D eigenvalue weighted by Crippen LogP contribution is -2.30. The molecule has 0 fully saturated rings. The SMILES string of the molecule is CCc1ccc(C2NCCc3c2sc2ncnn32)cc1. The van der Waals surface area contributed by atoms with E-state index in [4.69, 9.17) is 0 Å². The summed E-state index contributed by atoms with van der Waals surface area (Å²) in [6.45, 7) is 3.17.